The molecule has 0 aliphatic carbocycles. The van der Waals surface area contributed by atoms with Gasteiger partial charge in [0.05, 0.1) is 6.07 Å². The monoisotopic (exact) mass is 286 g/mol. The standard InChI is InChI=1S/C12H22N4O2S/c1-10(8-13)19(17,18)16-7-4-12(9-16)15-5-2-11(14)3-6-15/h10-12H,2-7,9,14H2,1H3. The number of rotatable bonds is 3. The predicted octanol–water partition coefficient (Wildman–Crippen LogP) is -0.274. The minimum Gasteiger partial charge on any atom is -0.328 e. The van der Waals surface area contributed by atoms with E-state index < -0.39 is 15.3 Å². The van der Waals surface area contributed by atoms with Crippen molar-refractivity contribution in [3.8, 4) is 6.07 Å². The van der Waals surface area contributed by atoms with E-state index in [4.69, 9.17) is 11.0 Å². The Morgan fingerprint density at radius 1 is 1.26 bits per heavy atom. The SMILES string of the molecule is CC(C#N)S(=O)(=O)N1CCC(N2CCC(N)CC2)C1. The summed E-state index contributed by atoms with van der Waals surface area (Å²) >= 11 is 0. The van der Waals surface area contributed by atoms with E-state index in [1.165, 1.54) is 11.2 Å². The molecule has 0 aromatic rings. The maximum atomic E-state index is 12.1. The first-order valence-electron chi connectivity index (χ1n) is 6.83. The van der Waals surface area contributed by atoms with Gasteiger partial charge in [0.25, 0.3) is 0 Å². The van der Waals surface area contributed by atoms with Gasteiger partial charge in [0.15, 0.2) is 5.25 Å². The minimum absolute atomic E-state index is 0.285. The molecule has 6 nitrogen and oxygen atoms in total. The molecule has 108 valence electrons. The van der Waals surface area contributed by atoms with Crippen molar-refractivity contribution < 1.29 is 8.42 Å². The first kappa shape index (κ1) is 14.7. The molecule has 2 fully saturated rings. The quantitative estimate of drug-likeness (QED) is 0.771. The van der Waals surface area contributed by atoms with Crippen molar-refractivity contribution in [1.82, 2.24) is 9.21 Å². The van der Waals surface area contributed by atoms with Gasteiger partial charge in [0.2, 0.25) is 10.0 Å². The highest BCUT2D eigenvalue weighted by Crippen LogP contribution is 2.23. The molecule has 2 atom stereocenters. The molecule has 0 aromatic heterocycles. The number of nitrogens with zero attached hydrogens (tertiary/aromatic N) is 3. The van der Waals surface area contributed by atoms with Crippen LogP contribution in [-0.4, -0.2) is 61.1 Å². The van der Waals surface area contributed by atoms with E-state index in [9.17, 15) is 8.42 Å². The maximum Gasteiger partial charge on any atom is 0.230 e. The van der Waals surface area contributed by atoms with Crippen LogP contribution in [0.1, 0.15) is 26.2 Å². The fraction of sp³-hybridized carbons (Fsp3) is 0.917. The molecule has 2 heterocycles. The number of nitrogens with two attached hydrogens (primary N) is 1. The summed E-state index contributed by atoms with van der Waals surface area (Å²) < 4.78 is 25.7. The van der Waals surface area contributed by atoms with E-state index in [-0.39, 0.29) is 12.1 Å². The second kappa shape index (κ2) is 5.75. The topological polar surface area (TPSA) is 90.4 Å². The molecule has 0 radical (unpaired) electrons. The zero-order valence-electron chi connectivity index (χ0n) is 11.3. The Bertz CT molecular complexity index is 451. The van der Waals surface area contributed by atoms with Gasteiger partial charge in [-0.05, 0) is 39.3 Å². The first-order valence-corrected chi connectivity index (χ1v) is 8.33. The van der Waals surface area contributed by atoms with Gasteiger partial charge in [-0.15, -0.1) is 0 Å². The Balaban J connectivity index is 1.95. The molecular formula is C12H22N4O2S. The van der Waals surface area contributed by atoms with Gasteiger partial charge in [-0.1, -0.05) is 0 Å². The van der Waals surface area contributed by atoms with E-state index in [1.807, 2.05) is 6.07 Å². The lowest BCUT2D eigenvalue weighted by Gasteiger charge is -2.34. The molecule has 7 heteroatoms. The summed E-state index contributed by atoms with van der Waals surface area (Å²) in [6, 6.07) is 2.40. The van der Waals surface area contributed by atoms with Crippen LogP contribution in [0.15, 0.2) is 0 Å². The van der Waals surface area contributed by atoms with Crippen LogP contribution in [0.4, 0.5) is 0 Å². The van der Waals surface area contributed by atoms with Crippen molar-refractivity contribution in [2.75, 3.05) is 26.2 Å². The zero-order valence-corrected chi connectivity index (χ0v) is 12.1. The normalized spacial score (nSPS) is 29.2. The van der Waals surface area contributed by atoms with Gasteiger partial charge >= 0.3 is 0 Å². The number of sulfonamides is 1. The smallest absolute Gasteiger partial charge is 0.230 e. The van der Waals surface area contributed by atoms with Gasteiger partial charge in [-0.25, -0.2) is 8.42 Å². The van der Waals surface area contributed by atoms with Crippen LogP contribution in [0.5, 0.6) is 0 Å². The largest absolute Gasteiger partial charge is 0.328 e. The predicted molar refractivity (Wildman–Crippen MR) is 72.8 cm³/mol. The summed E-state index contributed by atoms with van der Waals surface area (Å²) in [6.07, 6.45) is 2.82. The summed E-state index contributed by atoms with van der Waals surface area (Å²) in [5, 5.41) is 7.84. The Kier molecular flexibility index (Phi) is 4.46. The Morgan fingerprint density at radius 2 is 1.89 bits per heavy atom. The maximum absolute atomic E-state index is 12.1. The Labute approximate surface area is 115 Å². The average Bonchev–Trinajstić information content (AvgIpc) is 2.88. The van der Waals surface area contributed by atoms with Crippen LogP contribution in [0.3, 0.4) is 0 Å². The van der Waals surface area contributed by atoms with Gasteiger partial charge in [-0.2, -0.15) is 9.57 Å². The second-order valence-electron chi connectivity index (χ2n) is 5.49. The molecule has 2 unspecified atom stereocenters. The molecule has 0 spiro atoms. The van der Waals surface area contributed by atoms with Crippen LogP contribution in [0, 0.1) is 11.3 Å². The zero-order chi connectivity index (χ0) is 14.0. The van der Waals surface area contributed by atoms with Crippen molar-refractivity contribution in [3.63, 3.8) is 0 Å². The molecule has 2 aliphatic heterocycles. The molecule has 2 aliphatic rings. The lowest BCUT2D eigenvalue weighted by atomic mass is 10.0. The lowest BCUT2D eigenvalue weighted by molar-refractivity contribution is 0.159. The lowest BCUT2D eigenvalue weighted by Crippen LogP contribution is -2.46. The highest BCUT2D eigenvalue weighted by atomic mass is 32.2. The van der Waals surface area contributed by atoms with Crippen molar-refractivity contribution in [1.29, 1.82) is 5.26 Å². The van der Waals surface area contributed by atoms with Crippen LogP contribution < -0.4 is 5.73 Å². The van der Waals surface area contributed by atoms with Crippen molar-refractivity contribution in [3.05, 3.63) is 0 Å². The summed E-state index contributed by atoms with van der Waals surface area (Å²) in [5.74, 6) is 0. The number of hydrogen-bond donors (Lipinski definition) is 1. The number of nitriles is 1. The number of hydrogen-bond acceptors (Lipinski definition) is 5. The van der Waals surface area contributed by atoms with Crippen molar-refractivity contribution >= 4 is 10.0 Å². The summed E-state index contributed by atoms with van der Waals surface area (Å²) in [6.45, 7) is 4.40. The fourth-order valence-corrected chi connectivity index (χ4v) is 4.13. The summed E-state index contributed by atoms with van der Waals surface area (Å²) in [7, 11) is -3.45. The van der Waals surface area contributed by atoms with E-state index in [0.29, 0.717) is 13.1 Å². The molecule has 2 rings (SSSR count). The Hall–Kier alpha value is -0.680. The molecule has 0 aromatic carbocycles. The third-order valence-electron chi connectivity index (χ3n) is 4.21. The fourth-order valence-electron chi connectivity index (χ4n) is 2.81. The van der Waals surface area contributed by atoms with E-state index >= 15 is 0 Å². The first-order chi connectivity index (χ1) is 8.95. The summed E-state index contributed by atoms with van der Waals surface area (Å²) in [4.78, 5) is 2.34. The van der Waals surface area contributed by atoms with E-state index in [1.54, 1.807) is 0 Å². The van der Waals surface area contributed by atoms with Crippen LogP contribution in [0.25, 0.3) is 0 Å². The second-order valence-corrected chi connectivity index (χ2v) is 7.74. The van der Waals surface area contributed by atoms with E-state index in [0.717, 1.165) is 32.4 Å². The molecule has 19 heavy (non-hydrogen) atoms. The number of piperidine rings is 1. The van der Waals surface area contributed by atoms with Crippen molar-refractivity contribution in [2.45, 2.75) is 43.5 Å². The third-order valence-corrected chi connectivity index (χ3v) is 6.26. The van der Waals surface area contributed by atoms with Crippen LogP contribution in [0.2, 0.25) is 0 Å². The van der Waals surface area contributed by atoms with Crippen LogP contribution in [-0.2, 0) is 10.0 Å². The Morgan fingerprint density at radius 3 is 2.47 bits per heavy atom. The molecule has 0 saturated carbocycles. The average molecular weight is 286 g/mol. The highest BCUT2D eigenvalue weighted by Gasteiger charge is 2.37. The molecule has 0 bridgehead atoms. The van der Waals surface area contributed by atoms with Gasteiger partial charge in [-0.3, -0.25) is 4.90 Å². The van der Waals surface area contributed by atoms with Gasteiger partial charge in [0.1, 0.15) is 0 Å². The van der Waals surface area contributed by atoms with Crippen LogP contribution >= 0.6 is 0 Å². The molecule has 0 amide bonds. The molecular weight excluding hydrogens is 264 g/mol. The molecule has 2 saturated heterocycles. The van der Waals surface area contributed by atoms with E-state index in [2.05, 4.69) is 4.90 Å². The number of likely N-dealkylation sites (tertiary alicyclic amines) is 1. The minimum atomic E-state index is -3.45. The van der Waals surface area contributed by atoms with Gasteiger partial charge < -0.3 is 5.73 Å². The summed E-state index contributed by atoms with van der Waals surface area (Å²) in [5.41, 5.74) is 5.88. The van der Waals surface area contributed by atoms with Crippen molar-refractivity contribution in [2.24, 2.45) is 5.73 Å². The molecule has 2 N–H and O–H groups in total. The highest BCUT2D eigenvalue weighted by molar-refractivity contribution is 7.89. The third kappa shape index (κ3) is 3.08. The van der Waals surface area contributed by atoms with Gasteiger partial charge in [0, 0.05) is 25.2 Å².